The molecule has 0 heterocycles. The van der Waals surface area contributed by atoms with E-state index in [0.29, 0.717) is 7.11 Å². The second kappa shape index (κ2) is 6.08. The lowest BCUT2D eigenvalue weighted by Gasteiger charge is -2.26. The Labute approximate surface area is 116 Å². The number of rotatable bonds is 4. The molecule has 1 amide bonds. The molecule has 0 bridgehead atoms. The summed E-state index contributed by atoms with van der Waals surface area (Å²) in [5, 5.41) is 11.3. The maximum Gasteiger partial charge on any atom is 0.428 e. The number of halogens is 4. The summed E-state index contributed by atoms with van der Waals surface area (Å²) in [6.07, 6.45) is -7.01. The third-order valence-corrected chi connectivity index (χ3v) is 2.52. The van der Waals surface area contributed by atoms with Gasteiger partial charge in [0.15, 0.2) is 0 Å². The fourth-order valence-corrected chi connectivity index (χ4v) is 1.46. The van der Waals surface area contributed by atoms with E-state index < -0.39 is 35.9 Å². The van der Waals surface area contributed by atoms with E-state index in [2.05, 4.69) is 4.74 Å². The van der Waals surface area contributed by atoms with Crippen molar-refractivity contribution in [2.24, 2.45) is 0 Å². The van der Waals surface area contributed by atoms with Gasteiger partial charge in [0.2, 0.25) is 5.91 Å². The molecule has 1 rings (SSSR count). The highest BCUT2D eigenvalue weighted by Crippen LogP contribution is 2.34. The number of carbonyl (C=O) groups excluding carboxylic acids is 2. The molecular weight excluding hydrogens is 298 g/mol. The number of anilines is 1. The zero-order valence-corrected chi connectivity index (χ0v) is 10.7. The minimum absolute atomic E-state index is 0.116. The zero-order valence-electron chi connectivity index (χ0n) is 10.7. The van der Waals surface area contributed by atoms with E-state index in [0.717, 1.165) is 12.1 Å². The summed E-state index contributed by atoms with van der Waals surface area (Å²) in [6.45, 7) is 0. The summed E-state index contributed by atoms with van der Waals surface area (Å²) in [7, 11) is 0.642. The number of nitrogens with one attached hydrogen (secondary N) is 1. The number of carbonyl (C=O) groups is 2. The second-order valence-electron chi connectivity index (χ2n) is 4.08. The lowest BCUT2D eigenvalue weighted by atomic mass is 9.98. The Bertz CT molecular complexity index is 546. The van der Waals surface area contributed by atoms with Gasteiger partial charge < -0.3 is 15.2 Å². The largest absolute Gasteiger partial charge is 0.467 e. The molecule has 1 atom stereocenters. The molecule has 1 aromatic carbocycles. The van der Waals surface area contributed by atoms with Gasteiger partial charge in [-0.25, -0.2) is 9.18 Å². The molecule has 1 unspecified atom stereocenters. The van der Waals surface area contributed by atoms with Gasteiger partial charge in [-0.15, -0.1) is 0 Å². The van der Waals surface area contributed by atoms with E-state index >= 15 is 0 Å². The molecule has 0 saturated heterocycles. The van der Waals surface area contributed by atoms with Crippen molar-refractivity contribution >= 4 is 17.6 Å². The van der Waals surface area contributed by atoms with Gasteiger partial charge in [0.05, 0.1) is 13.5 Å². The highest BCUT2D eigenvalue weighted by atomic mass is 19.4. The van der Waals surface area contributed by atoms with Gasteiger partial charge in [-0.1, -0.05) is 6.07 Å². The number of alkyl halides is 3. The Kier molecular flexibility index (Phi) is 4.89. The highest BCUT2D eigenvalue weighted by Gasteiger charge is 2.61. The van der Waals surface area contributed by atoms with Crippen molar-refractivity contribution in [2.75, 3.05) is 12.4 Å². The third kappa shape index (κ3) is 3.91. The van der Waals surface area contributed by atoms with Gasteiger partial charge in [0.25, 0.3) is 5.60 Å². The number of amides is 1. The normalized spacial score (nSPS) is 14.2. The van der Waals surface area contributed by atoms with Crippen molar-refractivity contribution in [3.63, 3.8) is 0 Å². The van der Waals surface area contributed by atoms with E-state index in [1.54, 1.807) is 0 Å². The van der Waals surface area contributed by atoms with E-state index in [9.17, 15) is 32.3 Å². The van der Waals surface area contributed by atoms with E-state index in [1.165, 1.54) is 12.1 Å². The van der Waals surface area contributed by atoms with Crippen LogP contribution >= 0.6 is 0 Å². The minimum atomic E-state index is -5.40. The Morgan fingerprint density at radius 2 is 1.95 bits per heavy atom. The Morgan fingerprint density at radius 1 is 1.33 bits per heavy atom. The Morgan fingerprint density at radius 3 is 2.43 bits per heavy atom. The number of aliphatic hydroxyl groups is 1. The van der Waals surface area contributed by atoms with Crippen LogP contribution in [0.5, 0.6) is 0 Å². The zero-order chi connectivity index (χ0) is 16.3. The molecular formula is C12H11F4NO4. The van der Waals surface area contributed by atoms with E-state index in [-0.39, 0.29) is 5.69 Å². The molecule has 0 saturated carbocycles. The van der Waals surface area contributed by atoms with Gasteiger partial charge in [-0.3, -0.25) is 4.79 Å². The van der Waals surface area contributed by atoms with Gasteiger partial charge in [0.1, 0.15) is 5.82 Å². The number of methoxy groups -OCH3 is 1. The van der Waals surface area contributed by atoms with Crippen LogP contribution < -0.4 is 5.32 Å². The first kappa shape index (κ1) is 16.9. The molecule has 2 N–H and O–H groups in total. The monoisotopic (exact) mass is 309 g/mol. The predicted octanol–water partition coefficient (Wildman–Crippen LogP) is 1.62. The lowest BCUT2D eigenvalue weighted by molar-refractivity contribution is -0.261. The minimum Gasteiger partial charge on any atom is -0.467 e. The van der Waals surface area contributed by atoms with Crippen LogP contribution in [0.15, 0.2) is 24.3 Å². The summed E-state index contributed by atoms with van der Waals surface area (Å²) < 4.78 is 54.9. The fourth-order valence-electron chi connectivity index (χ4n) is 1.46. The first-order valence-corrected chi connectivity index (χ1v) is 5.53. The molecule has 0 spiro atoms. The van der Waals surface area contributed by atoms with Crippen LogP contribution in [0.25, 0.3) is 0 Å². The Balaban J connectivity index is 2.90. The lowest BCUT2D eigenvalue weighted by Crippen LogP contribution is -2.54. The first-order chi connectivity index (χ1) is 9.60. The number of ether oxygens (including phenoxy) is 1. The molecule has 0 aliphatic heterocycles. The van der Waals surface area contributed by atoms with Gasteiger partial charge in [0, 0.05) is 5.69 Å². The fraction of sp³-hybridized carbons (Fsp3) is 0.333. The van der Waals surface area contributed by atoms with Crippen LogP contribution in [0.3, 0.4) is 0 Å². The van der Waals surface area contributed by atoms with Crippen molar-refractivity contribution in [1.29, 1.82) is 0 Å². The molecule has 0 aromatic heterocycles. The molecule has 0 radical (unpaired) electrons. The van der Waals surface area contributed by atoms with Crippen molar-refractivity contribution < 1.29 is 37.0 Å². The van der Waals surface area contributed by atoms with Gasteiger partial charge in [-0.2, -0.15) is 13.2 Å². The molecule has 0 aliphatic rings. The maximum absolute atomic E-state index is 12.9. The van der Waals surface area contributed by atoms with Crippen LogP contribution in [0.4, 0.5) is 23.2 Å². The SMILES string of the molecule is COC(=O)C(O)(CC(=O)Nc1cccc(F)c1)C(F)(F)F. The molecule has 5 nitrogen and oxygen atoms in total. The average Bonchev–Trinajstić information content (AvgIpc) is 2.36. The molecule has 116 valence electrons. The molecule has 9 heteroatoms. The highest BCUT2D eigenvalue weighted by molar-refractivity contribution is 5.95. The van der Waals surface area contributed by atoms with Crippen LogP contribution in [-0.4, -0.2) is 35.9 Å². The number of esters is 1. The summed E-state index contributed by atoms with van der Waals surface area (Å²) in [5.74, 6) is -4.05. The summed E-state index contributed by atoms with van der Waals surface area (Å²) >= 11 is 0. The van der Waals surface area contributed by atoms with E-state index in [1.807, 2.05) is 5.32 Å². The Hall–Kier alpha value is -2.16. The van der Waals surface area contributed by atoms with Gasteiger partial charge >= 0.3 is 12.1 Å². The van der Waals surface area contributed by atoms with E-state index in [4.69, 9.17) is 0 Å². The topological polar surface area (TPSA) is 75.6 Å². The number of hydrogen-bond acceptors (Lipinski definition) is 4. The molecule has 0 aliphatic carbocycles. The summed E-state index contributed by atoms with van der Waals surface area (Å²) in [5.41, 5.74) is -4.09. The van der Waals surface area contributed by atoms with Crippen molar-refractivity contribution in [3.05, 3.63) is 30.1 Å². The van der Waals surface area contributed by atoms with Crippen LogP contribution in [0, 0.1) is 5.82 Å². The number of benzene rings is 1. The van der Waals surface area contributed by atoms with Crippen molar-refractivity contribution in [3.8, 4) is 0 Å². The maximum atomic E-state index is 12.9. The predicted molar refractivity (Wildman–Crippen MR) is 62.7 cm³/mol. The van der Waals surface area contributed by atoms with Crippen LogP contribution in [-0.2, 0) is 14.3 Å². The van der Waals surface area contributed by atoms with Crippen LogP contribution in [0.2, 0.25) is 0 Å². The molecule has 1 aromatic rings. The first-order valence-electron chi connectivity index (χ1n) is 5.53. The smallest absolute Gasteiger partial charge is 0.428 e. The van der Waals surface area contributed by atoms with Crippen molar-refractivity contribution in [2.45, 2.75) is 18.2 Å². The van der Waals surface area contributed by atoms with Crippen molar-refractivity contribution in [1.82, 2.24) is 0 Å². The third-order valence-electron chi connectivity index (χ3n) is 2.52. The van der Waals surface area contributed by atoms with Crippen LogP contribution in [0.1, 0.15) is 6.42 Å². The molecule has 0 fully saturated rings. The standard InChI is InChI=1S/C12H11F4NO4/c1-21-10(19)11(20,12(14,15)16)6-9(18)17-8-4-2-3-7(13)5-8/h2-5,20H,6H2,1H3,(H,17,18). The summed E-state index contributed by atoms with van der Waals surface area (Å²) in [4.78, 5) is 22.6. The number of hydrogen-bond donors (Lipinski definition) is 2. The van der Waals surface area contributed by atoms with Gasteiger partial charge in [-0.05, 0) is 18.2 Å². The average molecular weight is 309 g/mol. The second-order valence-corrected chi connectivity index (χ2v) is 4.08. The molecule has 21 heavy (non-hydrogen) atoms. The summed E-state index contributed by atoms with van der Waals surface area (Å²) in [6, 6.07) is 4.38. The quantitative estimate of drug-likeness (QED) is 0.654.